The van der Waals surface area contributed by atoms with Crippen molar-refractivity contribution in [3.63, 3.8) is 0 Å². The molecule has 1 heterocycles. The molecule has 0 fully saturated rings. The first-order valence-electron chi connectivity index (χ1n) is 4.02. The van der Waals surface area contributed by atoms with Crippen LogP contribution in [0.15, 0.2) is 6.20 Å². The average molecular weight is 267 g/mol. The third-order valence-electron chi connectivity index (χ3n) is 1.23. The van der Waals surface area contributed by atoms with Crippen molar-refractivity contribution in [2.75, 3.05) is 19.0 Å². The highest BCUT2D eigenvalue weighted by atomic mass is 32.1. The van der Waals surface area contributed by atoms with Gasteiger partial charge in [0, 0.05) is 14.1 Å². The van der Waals surface area contributed by atoms with E-state index in [2.05, 4.69) is 4.98 Å². The van der Waals surface area contributed by atoms with Crippen molar-refractivity contribution in [3.8, 4) is 6.07 Å². The lowest BCUT2D eigenvalue weighted by molar-refractivity contribution is -0.192. The van der Waals surface area contributed by atoms with Gasteiger partial charge in [-0.05, 0) is 0 Å². The highest BCUT2D eigenvalue weighted by Gasteiger charge is 2.38. The predicted molar refractivity (Wildman–Crippen MR) is 54.8 cm³/mol. The lowest BCUT2D eigenvalue weighted by Crippen LogP contribution is -2.21. The van der Waals surface area contributed by atoms with Gasteiger partial charge >= 0.3 is 12.1 Å². The monoisotopic (exact) mass is 267 g/mol. The molecular weight excluding hydrogens is 259 g/mol. The fourth-order valence-electron chi connectivity index (χ4n) is 0.523. The second kappa shape index (κ2) is 6.05. The van der Waals surface area contributed by atoms with E-state index in [0.717, 1.165) is 5.13 Å². The molecule has 1 rings (SSSR count). The smallest absolute Gasteiger partial charge is 0.475 e. The number of alkyl halides is 3. The van der Waals surface area contributed by atoms with Crippen LogP contribution in [0.1, 0.15) is 4.88 Å². The number of carboxylic acids is 1. The largest absolute Gasteiger partial charge is 0.490 e. The number of hydrogen-bond donors (Lipinski definition) is 1. The second-order valence-corrected chi connectivity index (χ2v) is 3.83. The van der Waals surface area contributed by atoms with Gasteiger partial charge in [-0.15, -0.1) is 0 Å². The van der Waals surface area contributed by atoms with Gasteiger partial charge in [0.15, 0.2) is 5.13 Å². The number of thiazole rings is 1. The summed E-state index contributed by atoms with van der Waals surface area (Å²) in [5.41, 5.74) is 0. The van der Waals surface area contributed by atoms with Crippen LogP contribution in [-0.4, -0.2) is 36.3 Å². The molecule has 0 saturated heterocycles. The minimum absolute atomic E-state index is 0.656. The fraction of sp³-hybridized carbons (Fsp3) is 0.375. The lowest BCUT2D eigenvalue weighted by Gasteiger charge is -2.04. The van der Waals surface area contributed by atoms with Crippen molar-refractivity contribution >= 4 is 22.4 Å². The molecule has 0 radical (unpaired) electrons. The topological polar surface area (TPSA) is 77.2 Å². The normalized spacial score (nSPS) is 9.88. The van der Waals surface area contributed by atoms with Gasteiger partial charge in [-0.3, -0.25) is 0 Å². The van der Waals surface area contributed by atoms with Gasteiger partial charge in [0.2, 0.25) is 0 Å². The van der Waals surface area contributed by atoms with Crippen molar-refractivity contribution in [2.24, 2.45) is 0 Å². The molecule has 9 heteroatoms. The molecule has 0 atom stereocenters. The summed E-state index contributed by atoms with van der Waals surface area (Å²) in [4.78, 5) is 15.4. The molecule has 1 aromatic rings. The molecule has 94 valence electrons. The number of carboxylic acid groups (broad SMARTS) is 1. The molecular formula is C8H8F3N3O2S. The molecule has 0 aliphatic rings. The zero-order valence-electron chi connectivity index (χ0n) is 8.82. The number of carbonyl (C=O) groups is 1. The van der Waals surface area contributed by atoms with E-state index in [4.69, 9.17) is 15.2 Å². The number of hydrogen-bond acceptors (Lipinski definition) is 5. The Bertz CT molecular complexity index is 422. The Balaban J connectivity index is 0.000000325. The number of rotatable bonds is 1. The molecule has 0 aliphatic carbocycles. The summed E-state index contributed by atoms with van der Waals surface area (Å²) in [5.74, 6) is -2.76. The van der Waals surface area contributed by atoms with Crippen LogP contribution >= 0.6 is 11.3 Å². The quantitative estimate of drug-likeness (QED) is 0.838. The Labute approximate surface area is 98.7 Å². The average Bonchev–Trinajstić information content (AvgIpc) is 2.65. The zero-order valence-corrected chi connectivity index (χ0v) is 9.63. The van der Waals surface area contributed by atoms with Crippen molar-refractivity contribution in [2.45, 2.75) is 6.18 Å². The molecule has 1 aromatic heterocycles. The minimum atomic E-state index is -5.08. The summed E-state index contributed by atoms with van der Waals surface area (Å²) < 4.78 is 31.7. The van der Waals surface area contributed by atoms with Crippen LogP contribution in [0.2, 0.25) is 0 Å². The van der Waals surface area contributed by atoms with Crippen molar-refractivity contribution < 1.29 is 23.1 Å². The van der Waals surface area contributed by atoms with Gasteiger partial charge in [-0.1, -0.05) is 11.3 Å². The van der Waals surface area contributed by atoms with E-state index in [1.54, 1.807) is 6.20 Å². The van der Waals surface area contributed by atoms with E-state index in [0.29, 0.717) is 4.88 Å². The Hall–Kier alpha value is -1.82. The molecule has 1 N–H and O–H groups in total. The zero-order chi connectivity index (χ0) is 13.6. The first-order chi connectivity index (χ1) is 7.68. The number of nitrogens with zero attached hydrogens (tertiary/aromatic N) is 3. The van der Waals surface area contributed by atoms with Crippen LogP contribution in [0.3, 0.4) is 0 Å². The molecule has 5 nitrogen and oxygen atoms in total. The second-order valence-electron chi connectivity index (χ2n) is 2.82. The Morgan fingerprint density at radius 1 is 1.59 bits per heavy atom. The van der Waals surface area contributed by atoms with Gasteiger partial charge < -0.3 is 10.0 Å². The SMILES string of the molecule is CN(C)c1ncc(C#N)s1.O=C(O)C(F)(F)F. The fourth-order valence-corrected chi connectivity index (χ4v) is 1.16. The van der Waals surface area contributed by atoms with Crippen LogP contribution in [-0.2, 0) is 4.79 Å². The van der Waals surface area contributed by atoms with Crippen LogP contribution < -0.4 is 4.90 Å². The maximum Gasteiger partial charge on any atom is 0.490 e. The molecule has 0 unspecified atom stereocenters. The molecule has 17 heavy (non-hydrogen) atoms. The third-order valence-corrected chi connectivity index (χ3v) is 2.30. The maximum absolute atomic E-state index is 10.6. The summed E-state index contributed by atoms with van der Waals surface area (Å²) >= 11 is 1.39. The van der Waals surface area contributed by atoms with E-state index in [-0.39, 0.29) is 0 Å². The summed E-state index contributed by atoms with van der Waals surface area (Å²) in [7, 11) is 3.81. The number of aromatic nitrogens is 1. The van der Waals surface area contributed by atoms with Gasteiger partial charge in [-0.2, -0.15) is 18.4 Å². The molecule has 0 aromatic carbocycles. The summed E-state index contributed by atoms with van der Waals surface area (Å²) in [5, 5.41) is 16.4. The van der Waals surface area contributed by atoms with Crippen LogP contribution in [0, 0.1) is 11.3 Å². The Morgan fingerprint density at radius 3 is 2.24 bits per heavy atom. The predicted octanol–water partition coefficient (Wildman–Crippen LogP) is 1.71. The number of halogens is 3. The Kier molecular flexibility index (Phi) is 5.40. The van der Waals surface area contributed by atoms with Gasteiger partial charge in [0.25, 0.3) is 0 Å². The summed E-state index contributed by atoms with van der Waals surface area (Å²) in [6, 6.07) is 2.03. The van der Waals surface area contributed by atoms with E-state index in [1.165, 1.54) is 11.3 Å². The lowest BCUT2D eigenvalue weighted by atomic mass is 10.6. The molecule has 0 saturated carbocycles. The van der Waals surface area contributed by atoms with Crippen LogP contribution in [0.4, 0.5) is 18.3 Å². The van der Waals surface area contributed by atoms with Gasteiger partial charge in [-0.25, -0.2) is 9.78 Å². The number of nitriles is 1. The molecule has 0 bridgehead atoms. The highest BCUT2D eigenvalue weighted by Crippen LogP contribution is 2.18. The van der Waals surface area contributed by atoms with Crippen molar-refractivity contribution in [1.82, 2.24) is 4.98 Å². The molecule has 0 amide bonds. The van der Waals surface area contributed by atoms with Gasteiger partial charge in [0.05, 0.1) is 6.20 Å². The molecule has 0 spiro atoms. The van der Waals surface area contributed by atoms with Crippen LogP contribution in [0.25, 0.3) is 0 Å². The van der Waals surface area contributed by atoms with E-state index < -0.39 is 12.1 Å². The van der Waals surface area contributed by atoms with Crippen molar-refractivity contribution in [1.29, 1.82) is 5.26 Å². The summed E-state index contributed by atoms with van der Waals surface area (Å²) in [6.45, 7) is 0. The first-order valence-corrected chi connectivity index (χ1v) is 4.83. The summed E-state index contributed by atoms with van der Waals surface area (Å²) in [6.07, 6.45) is -3.50. The van der Waals surface area contributed by atoms with Crippen LogP contribution in [0.5, 0.6) is 0 Å². The van der Waals surface area contributed by atoms with E-state index >= 15 is 0 Å². The van der Waals surface area contributed by atoms with Gasteiger partial charge in [0.1, 0.15) is 10.9 Å². The van der Waals surface area contributed by atoms with Crippen molar-refractivity contribution in [3.05, 3.63) is 11.1 Å². The Morgan fingerprint density at radius 2 is 2.06 bits per heavy atom. The van der Waals surface area contributed by atoms with E-state index in [9.17, 15) is 13.2 Å². The molecule has 0 aliphatic heterocycles. The number of aliphatic carboxylic acids is 1. The highest BCUT2D eigenvalue weighted by molar-refractivity contribution is 7.16. The number of anilines is 1. The minimum Gasteiger partial charge on any atom is -0.475 e. The maximum atomic E-state index is 10.6. The third kappa shape index (κ3) is 5.72. The first kappa shape index (κ1) is 15.2. The standard InChI is InChI=1S/C6H7N3S.C2HF3O2/c1-9(2)6-8-4-5(3-7)10-6;3-2(4,5)1(6)7/h4H,1-2H3;(H,6,7). The van der Waals surface area contributed by atoms with E-state index in [1.807, 2.05) is 25.1 Å².